The van der Waals surface area contributed by atoms with Crippen LogP contribution in [0.5, 0.6) is 0 Å². The predicted octanol–water partition coefficient (Wildman–Crippen LogP) is 6.88. The number of benzene rings is 1. The van der Waals surface area contributed by atoms with E-state index in [1.54, 1.807) is 0 Å². The highest BCUT2D eigenvalue weighted by Crippen LogP contribution is 2.46. The molecule has 2 heterocycles. The smallest absolute Gasteiger partial charge is 0.0971 e. The van der Waals surface area contributed by atoms with E-state index < -0.39 is 0 Å². The number of piperazine rings is 1. The molecule has 41 heavy (non-hydrogen) atoms. The van der Waals surface area contributed by atoms with Gasteiger partial charge in [-0.25, -0.2) is 0 Å². The number of hydrogen-bond acceptors (Lipinski definition) is 5. The van der Waals surface area contributed by atoms with Crippen LogP contribution in [0.2, 0.25) is 0 Å². The van der Waals surface area contributed by atoms with Crippen LogP contribution in [0.1, 0.15) is 102 Å². The van der Waals surface area contributed by atoms with E-state index in [-0.39, 0.29) is 0 Å². The highest BCUT2D eigenvalue weighted by Gasteiger charge is 2.34. The monoisotopic (exact) mass is 563 g/mol. The molecule has 6 heteroatoms. The van der Waals surface area contributed by atoms with Gasteiger partial charge in [0.05, 0.1) is 5.84 Å². The van der Waals surface area contributed by atoms with Crippen LogP contribution in [0.25, 0.3) is 11.3 Å². The third-order valence-corrected chi connectivity index (χ3v) is 8.88. The molecule has 1 saturated heterocycles. The number of nitrogens with zero attached hydrogens (tertiary/aromatic N) is 4. The molecule has 0 radical (unpaired) electrons. The first-order chi connectivity index (χ1) is 19.9. The molecule has 2 fully saturated rings. The number of aliphatic imine (C=N–C) groups is 1. The molecule has 3 aliphatic rings. The van der Waals surface area contributed by atoms with Gasteiger partial charge in [0.25, 0.3) is 0 Å². The molecule has 0 spiro atoms. The average Bonchev–Trinajstić information content (AvgIpc) is 3.28. The van der Waals surface area contributed by atoms with Crippen molar-refractivity contribution < 1.29 is 5.11 Å². The van der Waals surface area contributed by atoms with Crippen molar-refractivity contribution in [3.63, 3.8) is 0 Å². The van der Waals surface area contributed by atoms with Crippen molar-refractivity contribution in [3.8, 4) is 0 Å². The lowest BCUT2D eigenvalue weighted by molar-refractivity contribution is 0.148. The quantitative estimate of drug-likeness (QED) is 0.156. The summed E-state index contributed by atoms with van der Waals surface area (Å²) in [5.41, 5.74) is 9.26. The molecule has 4 rings (SSSR count). The molecule has 0 aromatic heterocycles. The fraction of sp³-hybridized carbons (Fsp3) is 0.629. The van der Waals surface area contributed by atoms with Gasteiger partial charge in [0.2, 0.25) is 0 Å². The fourth-order valence-electron chi connectivity index (χ4n) is 6.24. The summed E-state index contributed by atoms with van der Waals surface area (Å²) in [6.45, 7) is 20.2. The Hall–Kier alpha value is -2.41. The third kappa shape index (κ3) is 8.79. The first kappa shape index (κ1) is 33.1. The van der Waals surface area contributed by atoms with Gasteiger partial charge >= 0.3 is 0 Å². The van der Waals surface area contributed by atoms with E-state index in [0.29, 0.717) is 6.04 Å². The van der Waals surface area contributed by atoms with Crippen LogP contribution in [0.3, 0.4) is 0 Å². The van der Waals surface area contributed by atoms with Gasteiger partial charge in [-0.2, -0.15) is 0 Å². The minimum atomic E-state index is 0.508. The van der Waals surface area contributed by atoms with Crippen LogP contribution in [0.15, 0.2) is 47.2 Å². The summed E-state index contributed by atoms with van der Waals surface area (Å²) in [5, 5.41) is 10.6. The summed E-state index contributed by atoms with van der Waals surface area (Å²) >= 11 is 0. The molecule has 1 aliphatic carbocycles. The Bertz CT molecular complexity index is 1070. The molecule has 0 unspecified atom stereocenters. The van der Waals surface area contributed by atoms with E-state index in [2.05, 4.69) is 79.2 Å². The van der Waals surface area contributed by atoms with Gasteiger partial charge in [-0.05, 0) is 69.3 Å². The maximum atomic E-state index is 7.00. The first-order valence-electron chi connectivity index (χ1n) is 16.1. The zero-order valence-electron chi connectivity index (χ0n) is 26.9. The minimum absolute atomic E-state index is 0.508. The molecule has 228 valence electrons. The fourth-order valence-corrected chi connectivity index (χ4v) is 6.24. The Morgan fingerprint density at radius 2 is 1.71 bits per heavy atom. The van der Waals surface area contributed by atoms with E-state index in [1.807, 2.05) is 0 Å². The second kappa shape index (κ2) is 16.9. The van der Waals surface area contributed by atoms with Crippen LogP contribution in [-0.4, -0.2) is 78.6 Å². The number of unbranched alkanes of at least 4 members (excludes halogenated alkanes) is 1. The van der Waals surface area contributed by atoms with Crippen molar-refractivity contribution in [2.75, 3.05) is 46.9 Å². The van der Waals surface area contributed by atoms with Gasteiger partial charge in [-0.3, -0.25) is 9.89 Å². The molecule has 6 nitrogen and oxygen atoms in total. The molecule has 2 N–H and O–H groups in total. The van der Waals surface area contributed by atoms with E-state index >= 15 is 0 Å². The zero-order chi connectivity index (χ0) is 29.8. The number of likely N-dealkylation sites (N-methyl/N-ethyl adjacent to an activating group) is 1. The summed E-state index contributed by atoms with van der Waals surface area (Å²) in [6, 6.07) is 7.65. The standard InChI is InChI=1S/C34H53N5.CH4O/c1-7-9-18-35-28(5)36-24-33-31-17-16-29(25-38-21-19-37(6)20-22-38)23-32(31)27(4)39(34(33)26(3)8-2)30-14-12-10-11-13-15-30;1-2/h16-17,23-24,30H,4,7-15,18-22,25H2,1-3,5-6H3,(H,35,36);2H,1H3/b33-24-,34-26-;. The maximum Gasteiger partial charge on any atom is 0.0971 e. The molecule has 1 aromatic rings. The topological polar surface area (TPSA) is 54.3 Å². The van der Waals surface area contributed by atoms with E-state index in [0.717, 1.165) is 65.1 Å². The Morgan fingerprint density at radius 1 is 1.02 bits per heavy atom. The number of aliphatic hydroxyl groups is 1. The number of aliphatic hydroxyl groups excluding tert-OH is 1. The normalized spacial score (nSPS) is 21.7. The molecule has 1 aromatic carbocycles. The van der Waals surface area contributed by atoms with Crippen molar-refractivity contribution in [1.82, 2.24) is 20.0 Å². The summed E-state index contributed by atoms with van der Waals surface area (Å²) in [7, 11) is 3.23. The van der Waals surface area contributed by atoms with Crippen LogP contribution in [0, 0.1) is 0 Å². The summed E-state index contributed by atoms with van der Waals surface area (Å²) in [4.78, 5) is 12.4. The average molecular weight is 564 g/mol. The Labute approximate surface area is 250 Å². The van der Waals surface area contributed by atoms with Gasteiger partial charge in [-0.15, -0.1) is 0 Å². The number of fused-ring (bicyclic) bond motifs is 1. The van der Waals surface area contributed by atoms with E-state index in [4.69, 9.17) is 16.7 Å². The SMILES string of the molecule is C=C1c2cc(CN3CCN(C)CC3)ccc2C(=C/NC(C)=NCCCC)/C(=C(\C)CC)N1C1CCCCCC1.CO. The lowest BCUT2D eigenvalue weighted by atomic mass is 9.85. The van der Waals surface area contributed by atoms with Crippen molar-refractivity contribution >= 4 is 17.1 Å². The largest absolute Gasteiger partial charge is 0.400 e. The number of allylic oxidation sites excluding steroid dienone is 2. The molecular weight excluding hydrogens is 506 g/mol. The maximum absolute atomic E-state index is 7.00. The van der Waals surface area contributed by atoms with E-state index in [1.165, 1.54) is 84.2 Å². The summed E-state index contributed by atoms with van der Waals surface area (Å²) < 4.78 is 0. The second-order valence-electron chi connectivity index (χ2n) is 11.9. The molecule has 0 amide bonds. The van der Waals surface area contributed by atoms with Crippen LogP contribution >= 0.6 is 0 Å². The van der Waals surface area contributed by atoms with Crippen LogP contribution < -0.4 is 5.32 Å². The summed E-state index contributed by atoms with van der Waals surface area (Å²) in [6.07, 6.45) is 13.4. The molecule has 0 atom stereocenters. The number of hydrogen-bond donors (Lipinski definition) is 2. The predicted molar refractivity (Wildman–Crippen MR) is 177 cm³/mol. The number of nitrogens with one attached hydrogen (secondary N) is 1. The Kier molecular flexibility index (Phi) is 13.6. The van der Waals surface area contributed by atoms with Crippen molar-refractivity contribution in [1.29, 1.82) is 0 Å². The zero-order valence-corrected chi connectivity index (χ0v) is 26.9. The van der Waals surface area contributed by atoms with Crippen molar-refractivity contribution in [2.24, 2.45) is 4.99 Å². The lowest BCUT2D eigenvalue weighted by Crippen LogP contribution is -2.43. The van der Waals surface area contributed by atoms with Gasteiger partial charge in [0.15, 0.2) is 0 Å². The highest BCUT2D eigenvalue weighted by atomic mass is 16.2. The lowest BCUT2D eigenvalue weighted by Gasteiger charge is -2.43. The molecule has 1 saturated carbocycles. The highest BCUT2D eigenvalue weighted by molar-refractivity contribution is 5.94. The second-order valence-corrected chi connectivity index (χ2v) is 11.9. The van der Waals surface area contributed by atoms with Crippen LogP contribution in [0.4, 0.5) is 0 Å². The first-order valence-corrected chi connectivity index (χ1v) is 16.1. The summed E-state index contributed by atoms with van der Waals surface area (Å²) in [5.74, 6) is 0.989. The number of rotatable bonds is 8. The van der Waals surface area contributed by atoms with Crippen molar-refractivity contribution in [2.45, 2.75) is 98.1 Å². The van der Waals surface area contributed by atoms with Crippen LogP contribution in [-0.2, 0) is 6.54 Å². The van der Waals surface area contributed by atoms with Gasteiger partial charge in [0.1, 0.15) is 0 Å². The molecule has 2 aliphatic heterocycles. The van der Waals surface area contributed by atoms with Gasteiger partial charge < -0.3 is 20.2 Å². The Balaban J connectivity index is 0.00000226. The Morgan fingerprint density at radius 3 is 2.34 bits per heavy atom. The third-order valence-electron chi connectivity index (χ3n) is 8.88. The minimum Gasteiger partial charge on any atom is -0.400 e. The number of amidine groups is 1. The molecular formula is C35H57N5O. The van der Waals surface area contributed by atoms with E-state index in [9.17, 15) is 0 Å². The van der Waals surface area contributed by atoms with Gasteiger partial charge in [0, 0.05) is 81.2 Å². The van der Waals surface area contributed by atoms with Gasteiger partial charge in [-0.1, -0.05) is 64.7 Å². The molecule has 0 bridgehead atoms. The van der Waals surface area contributed by atoms with Crippen molar-refractivity contribution in [3.05, 3.63) is 58.9 Å².